The second-order valence-electron chi connectivity index (χ2n) is 7.54. The summed E-state index contributed by atoms with van der Waals surface area (Å²) >= 11 is 0. The molecule has 1 N–H and O–H groups in total. The quantitative estimate of drug-likeness (QED) is 0.721. The van der Waals surface area contributed by atoms with Gasteiger partial charge in [-0.25, -0.2) is 0 Å². The Labute approximate surface area is 110 Å². The Balaban J connectivity index is 1.57. The van der Waals surface area contributed by atoms with Crippen LogP contribution in [0.5, 0.6) is 0 Å². The minimum Gasteiger partial charge on any atom is -0.404 e. The van der Waals surface area contributed by atoms with E-state index in [1.54, 1.807) is 0 Å². The van der Waals surface area contributed by atoms with Crippen molar-refractivity contribution in [3.63, 3.8) is 0 Å². The Kier molecular flexibility index (Phi) is 2.30. The SMILES string of the molecule is CC1(C)[C@H]2C[C@@H]3OB([C@@H]4CCCN4)O[C@@]3(C)[C@@H]1C2. The van der Waals surface area contributed by atoms with Crippen LogP contribution in [0.3, 0.4) is 0 Å². The molecule has 3 nitrogen and oxygen atoms in total. The second-order valence-corrected chi connectivity index (χ2v) is 7.54. The van der Waals surface area contributed by atoms with Crippen molar-refractivity contribution < 1.29 is 9.31 Å². The highest BCUT2D eigenvalue weighted by atomic mass is 16.7. The molecule has 5 fully saturated rings. The van der Waals surface area contributed by atoms with Crippen LogP contribution in [-0.4, -0.2) is 31.3 Å². The van der Waals surface area contributed by atoms with Crippen molar-refractivity contribution >= 4 is 7.12 Å². The Morgan fingerprint density at radius 2 is 2.06 bits per heavy atom. The molecule has 3 aliphatic carbocycles. The van der Waals surface area contributed by atoms with Gasteiger partial charge in [-0.1, -0.05) is 13.8 Å². The van der Waals surface area contributed by atoms with Crippen LogP contribution in [0.15, 0.2) is 0 Å². The predicted molar refractivity (Wildman–Crippen MR) is 71.1 cm³/mol. The van der Waals surface area contributed by atoms with E-state index in [1.807, 2.05) is 0 Å². The second kappa shape index (κ2) is 3.53. The standard InChI is InChI=1S/C14H24BNO2/c1-13(2)9-7-10(13)14(3)11(8-9)17-15(18-14)12-5-4-6-16-12/h9-12,16H,4-8H2,1-3H3/t9-,10-,11+,12+,14+/m1/s1. The van der Waals surface area contributed by atoms with Gasteiger partial charge in [-0.3, -0.25) is 0 Å². The van der Waals surface area contributed by atoms with E-state index < -0.39 is 0 Å². The van der Waals surface area contributed by atoms with Crippen LogP contribution in [0.2, 0.25) is 0 Å². The monoisotopic (exact) mass is 249 g/mol. The number of hydrogen-bond acceptors (Lipinski definition) is 3. The summed E-state index contributed by atoms with van der Waals surface area (Å²) in [5, 5.41) is 3.52. The topological polar surface area (TPSA) is 30.5 Å². The molecule has 0 amide bonds. The molecule has 5 aliphatic rings. The third-order valence-corrected chi connectivity index (χ3v) is 6.40. The molecule has 4 heteroatoms. The van der Waals surface area contributed by atoms with E-state index in [9.17, 15) is 0 Å². The first-order valence-corrected chi connectivity index (χ1v) is 7.58. The smallest absolute Gasteiger partial charge is 0.404 e. The maximum Gasteiger partial charge on any atom is 0.475 e. The number of rotatable bonds is 1. The van der Waals surface area contributed by atoms with Crippen LogP contribution in [0.25, 0.3) is 0 Å². The van der Waals surface area contributed by atoms with E-state index in [0.717, 1.165) is 12.5 Å². The molecule has 0 unspecified atom stereocenters. The van der Waals surface area contributed by atoms with Crippen molar-refractivity contribution in [2.24, 2.45) is 17.3 Å². The van der Waals surface area contributed by atoms with E-state index in [0.29, 0.717) is 23.4 Å². The molecule has 2 heterocycles. The lowest BCUT2D eigenvalue weighted by atomic mass is 9.43. The van der Waals surface area contributed by atoms with E-state index >= 15 is 0 Å². The van der Waals surface area contributed by atoms with Gasteiger partial charge < -0.3 is 14.6 Å². The van der Waals surface area contributed by atoms with Gasteiger partial charge in [-0.05, 0) is 56.4 Å². The Morgan fingerprint density at radius 1 is 1.22 bits per heavy atom. The van der Waals surface area contributed by atoms with Gasteiger partial charge in [-0.15, -0.1) is 0 Å². The highest BCUT2D eigenvalue weighted by Gasteiger charge is 2.68. The van der Waals surface area contributed by atoms with Gasteiger partial charge in [0.2, 0.25) is 0 Å². The molecule has 0 aromatic carbocycles. The Morgan fingerprint density at radius 3 is 2.72 bits per heavy atom. The average molecular weight is 249 g/mol. The molecule has 5 atom stereocenters. The highest BCUT2D eigenvalue weighted by molar-refractivity contribution is 6.47. The third-order valence-electron chi connectivity index (χ3n) is 6.40. The molecule has 0 radical (unpaired) electrons. The van der Waals surface area contributed by atoms with Crippen LogP contribution < -0.4 is 5.32 Å². The van der Waals surface area contributed by atoms with Crippen LogP contribution in [0.1, 0.15) is 46.5 Å². The highest BCUT2D eigenvalue weighted by Crippen LogP contribution is 2.65. The predicted octanol–water partition coefficient (Wildman–Crippen LogP) is 2.01. The van der Waals surface area contributed by atoms with Crippen LogP contribution >= 0.6 is 0 Å². The zero-order valence-electron chi connectivity index (χ0n) is 11.7. The Bertz CT molecular complexity index is 369. The van der Waals surface area contributed by atoms with Crippen molar-refractivity contribution in [1.29, 1.82) is 0 Å². The van der Waals surface area contributed by atoms with Crippen molar-refractivity contribution in [3.8, 4) is 0 Å². The summed E-state index contributed by atoms with van der Waals surface area (Å²) in [6.07, 6.45) is 5.33. The van der Waals surface area contributed by atoms with Crippen LogP contribution in [-0.2, 0) is 9.31 Å². The Hall–Kier alpha value is -0.0551. The van der Waals surface area contributed by atoms with Crippen LogP contribution in [0.4, 0.5) is 0 Å². The fourth-order valence-corrected chi connectivity index (χ4v) is 5.01. The largest absolute Gasteiger partial charge is 0.475 e. The lowest BCUT2D eigenvalue weighted by molar-refractivity contribution is -0.199. The summed E-state index contributed by atoms with van der Waals surface area (Å²) in [6, 6.07) is 0. The van der Waals surface area contributed by atoms with Gasteiger partial charge in [0.25, 0.3) is 0 Å². The molecule has 0 spiro atoms. The van der Waals surface area contributed by atoms with E-state index in [-0.39, 0.29) is 12.7 Å². The molecular weight excluding hydrogens is 225 g/mol. The van der Waals surface area contributed by atoms with Gasteiger partial charge in [0.15, 0.2) is 0 Å². The van der Waals surface area contributed by atoms with E-state index in [2.05, 4.69) is 26.1 Å². The van der Waals surface area contributed by atoms with E-state index in [4.69, 9.17) is 9.31 Å². The van der Waals surface area contributed by atoms with Crippen LogP contribution in [0, 0.1) is 17.3 Å². The van der Waals surface area contributed by atoms with E-state index in [1.165, 1.54) is 25.7 Å². The van der Waals surface area contributed by atoms with Crippen molar-refractivity contribution in [3.05, 3.63) is 0 Å². The molecular formula is C14H24BNO2. The zero-order valence-corrected chi connectivity index (χ0v) is 11.7. The summed E-state index contributed by atoms with van der Waals surface area (Å²) in [6.45, 7) is 8.25. The molecule has 0 aromatic rings. The first-order chi connectivity index (χ1) is 8.52. The number of nitrogens with one attached hydrogen (secondary N) is 1. The summed E-state index contributed by atoms with van der Waals surface area (Å²) in [7, 11) is -0.00218. The van der Waals surface area contributed by atoms with Crippen molar-refractivity contribution in [2.45, 2.75) is 64.1 Å². The minimum absolute atomic E-state index is 0.00218. The molecule has 5 rings (SSSR count). The summed E-state index contributed by atoms with van der Waals surface area (Å²) < 4.78 is 12.7. The van der Waals surface area contributed by atoms with Gasteiger partial charge in [0, 0.05) is 5.94 Å². The maximum atomic E-state index is 6.44. The first kappa shape index (κ1) is 11.7. The molecule has 2 aliphatic heterocycles. The van der Waals surface area contributed by atoms with Crippen molar-refractivity contribution in [1.82, 2.24) is 5.32 Å². The fraction of sp³-hybridized carbons (Fsp3) is 1.00. The average Bonchev–Trinajstić information content (AvgIpc) is 2.92. The molecule has 2 bridgehead atoms. The molecule has 18 heavy (non-hydrogen) atoms. The molecule has 3 saturated carbocycles. The lowest BCUT2D eigenvalue weighted by Gasteiger charge is -2.64. The van der Waals surface area contributed by atoms with Gasteiger partial charge in [0.1, 0.15) is 0 Å². The summed E-state index contributed by atoms with van der Waals surface area (Å²) in [5.41, 5.74) is 0.416. The molecule has 100 valence electrons. The third kappa shape index (κ3) is 1.32. The van der Waals surface area contributed by atoms with Gasteiger partial charge in [0.05, 0.1) is 11.7 Å². The lowest BCUT2D eigenvalue weighted by Crippen LogP contribution is -2.65. The zero-order chi connectivity index (χ0) is 12.5. The molecule has 0 aromatic heterocycles. The summed E-state index contributed by atoms with van der Waals surface area (Å²) in [4.78, 5) is 0. The normalized spacial score (nSPS) is 53.2. The summed E-state index contributed by atoms with van der Waals surface area (Å²) in [5.74, 6) is 1.95. The first-order valence-electron chi connectivity index (χ1n) is 7.58. The molecule has 2 saturated heterocycles. The van der Waals surface area contributed by atoms with Gasteiger partial charge >= 0.3 is 7.12 Å². The van der Waals surface area contributed by atoms with Gasteiger partial charge in [-0.2, -0.15) is 0 Å². The fourth-order valence-electron chi connectivity index (χ4n) is 5.01. The number of hydrogen-bond donors (Lipinski definition) is 1. The minimum atomic E-state index is -0.0345. The van der Waals surface area contributed by atoms with Crippen molar-refractivity contribution in [2.75, 3.05) is 6.54 Å². The maximum absolute atomic E-state index is 6.44.